The molecule has 1 aliphatic heterocycles. The Bertz CT molecular complexity index is 469. The monoisotopic (exact) mass is 252 g/mol. The van der Waals surface area contributed by atoms with Crippen molar-refractivity contribution in [1.29, 1.82) is 0 Å². The quantitative estimate of drug-likeness (QED) is 0.792. The molecule has 6 nitrogen and oxygen atoms in total. The fraction of sp³-hybridized carbons (Fsp3) is 0.667. The molecule has 0 spiro atoms. The third-order valence-electron chi connectivity index (χ3n) is 3.34. The molecule has 6 heteroatoms. The van der Waals surface area contributed by atoms with Crippen molar-refractivity contribution in [2.45, 2.75) is 32.9 Å². The van der Waals surface area contributed by atoms with Crippen molar-refractivity contribution < 1.29 is 9.53 Å². The van der Waals surface area contributed by atoms with E-state index in [-0.39, 0.29) is 18.1 Å². The first-order valence-corrected chi connectivity index (χ1v) is 6.13. The smallest absolute Gasteiger partial charge is 0.274 e. The van der Waals surface area contributed by atoms with Crippen LogP contribution in [0.25, 0.3) is 0 Å². The van der Waals surface area contributed by atoms with Gasteiger partial charge in [-0.2, -0.15) is 5.10 Å². The largest absolute Gasteiger partial charge is 0.395 e. The van der Waals surface area contributed by atoms with Gasteiger partial charge in [0.15, 0.2) is 0 Å². The van der Waals surface area contributed by atoms with Crippen LogP contribution < -0.4 is 5.73 Å². The number of carbonyl (C=O) groups excluding carboxylic acids is 1. The normalized spacial score (nSPS) is 24.3. The van der Waals surface area contributed by atoms with Gasteiger partial charge in [0.2, 0.25) is 0 Å². The highest BCUT2D eigenvalue weighted by atomic mass is 16.5. The Morgan fingerprint density at radius 1 is 1.50 bits per heavy atom. The molecule has 1 fully saturated rings. The molecule has 0 aromatic carbocycles. The summed E-state index contributed by atoms with van der Waals surface area (Å²) in [5.74, 6) is -0.0711. The fourth-order valence-corrected chi connectivity index (χ4v) is 2.25. The van der Waals surface area contributed by atoms with Crippen molar-refractivity contribution >= 4 is 11.6 Å². The summed E-state index contributed by atoms with van der Waals surface area (Å²) in [6, 6.07) is 0.0586. The molecule has 0 aliphatic carbocycles. The van der Waals surface area contributed by atoms with E-state index in [0.717, 1.165) is 0 Å². The number of hydrogen-bond acceptors (Lipinski definition) is 4. The molecule has 2 unspecified atom stereocenters. The lowest BCUT2D eigenvalue weighted by Gasteiger charge is -2.36. The predicted octanol–water partition coefficient (Wildman–Crippen LogP) is 0.560. The third-order valence-corrected chi connectivity index (χ3v) is 3.34. The molecule has 18 heavy (non-hydrogen) atoms. The molecular formula is C12H20N4O2. The molecule has 2 N–H and O–H groups in total. The number of rotatable bonds is 1. The number of nitrogens with two attached hydrogens (primary N) is 1. The topological polar surface area (TPSA) is 73.4 Å². The molecule has 2 heterocycles. The molecule has 1 aliphatic rings. The Morgan fingerprint density at radius 2 is 2.17 bits per heavy atom. The minimum atomic E-state index is -0.0711. The summed E-state index contributed by atoms with van der Waals surface area (Å²) in [7, 11) is 1.74. The van der Waals surface area contributed by atoms with Crippen molar-refractivity contribution in [2.24, 2.45) is 7.05 Å². The van der Waals surface area contributed by atoms with Crippen molar-refractivity contribution in [1.82, 2.24) is 14.7 Å². The van der Waals surface area contributed by atoms with Crippen LogP contribution in [0, 0.1) is 6.92 Å². The summed E-state index contributed by atoms with van der Waals surface area (Å²) in [5.41, 5.74) is 7.55. The number of carbonyl (C=O) groups is 1. The number of aryl methyl sites for hydroxylation is 2. The summed E-state index contributed by atoms with van der Waals surface area (Å²) < 4.78 is 7.08. The number of morpholine rings is 1. The fourth-order valence-electron chi connectivity index (χ4n) is 2.25. The van der Waals surface area contributed by atoms with Gasteiger partial charge in [0, 0.05) is 13.6 Å². The first-order valence-electron chi connectivity index (χ1n) is 6.13. The van der Waals surface area contributed by atoms with Crippen LogP contribution in [0.3, 0.4) is 0 Å². The molecular weight excluding hydrogens is 232 g/mol. The van der Waals surface area contributed by atoms with Gasteiger partial charge in [-0.15, -0.1) is 0 Å². The molecule has 1 aromatic heterocycles. The van der Waals surface area contributed by atoms with E-state index in [1.54, 1.807) is 23.6 Å². The van der Waals surface area contributed by atoms with Gasteiger partial charge in [0.25, 0.3) is 5.91 Å². The number of nitrogens with zero attached hydrogens (tertiary/aromatic N) is 3. The van der Waals surface area contributed by atoms with Crippen LogP contribution in [0.2, 0.25) is 0 Å². The summed E-state index contributed by atoms with van der Waals surface area (Å²) in [6.07, 6.45) is 0.0562. The summed E-state index contributed by atoms with van der Waals surface area (Å²) in [4.78, 5) is 14.3. The van der Waals surface area contributed by atoms with Crippen LogP contribution in [0.5, 0.6) is 0 Å². The number of aromatic nitrogens is 2. The van der Waals surface area contributed by atoms with E-state index in [9.17, 15) is 4.79 Å². The van der Waals surface area contributed by atoms with Gasteiger partial charge < -0.3 is 15.4 Å². The predicted molar refractivity (Wildman–Crippen MR) is 68.3 cm³/mol. The second kappa shape index (κ2) is 4.61. The Kier molecular flexibility index (Phi) is 3.30. The summed E-state index contributed by atoms with van der Waals surface area (Å²) >= 11 is 0. The maximum absolute atomic E-state index is 12.5. The molecule has 0 saturated carbocycles. The highest BCUT2D eigenvalue weighted by Crippen LogP contribution is 2.21. The van der Waals surface area contributed by atoms with Gasteiger partial charge in [0.1, 0.15) is 5.69 Å². The van der Waals surface area contributed by atoms with Crippen LogP contribution in [-0.2, 0) is 11.8 Å². The second-order valence-electron chi connectivity index (χ2n) is 4.92. The van der Waals surface area contributed by atoms with Gasteiger partial charge in [-0.25, -0.2) is 0 Å². The first-order chi connectivity index (χ1) is 8.41. The lowest BCUT2D eigenvalue weighted by Crippen LogP contribution is -2.50. The van der Waals surface area contributed by atoms with Crippen molar-refractivity contribution in [3.8, 4) is 0 Å². The molecule has 100 valence electrons. The number of anilines is 1. The number of nitrogen functional groups attached to an aromatic ring is 1. The van der Waals surface area contributed by atoms with E-state index >= 15 is 0 Å². The summed E-state index contributed by atoms with van der Waals surface area (Å²) in [5, 5.41) is 4.18. The molecule has 1 amide bonds. The average Bonchev–Trinajstić information content (AvgIpc) is 2.56. The number of ether oxygens (including phenoxy) is 1. The van der Waals surface area contributed by atoms with Gasteiger partial charge in [-0.1, -0.05) is 0 Å². The van der Waals surface area contributed by atoms with Gasteiger partial charge in [-0.3, -0.25) is 9.48 Å². The molecule has 2 rings (SSSR count). The van der Waals surface area contributed by atoms with Crippen LogP contribution in [-0.4, -0.2) is 45.9 Å². The Labute approximate surface area is 107 Å². The lowest BCUT2D eigenvalue weighted by atomic mass is 10.1. The Balaban J connectivity index is 2.30. The van der Waals surface area contributed by atoms with Crippen LogP contribution in [0.1, 0.15) is 30.0 Å². The third kappa shape index (κ3) is 2.08. The van der Waals surface area contributed by atoms with Crippen molar-refractivity contribution in [2.75, 3.05) is 18.9 Å². The molecule has 2 atom stereocenters. The van der Waals surface area contributed by atoms with Gasteiger partial charge in [0.05, 0.1) is 30.1 Å². The SMILES string of the molecule is Cc1nn(C)c(C(=O)N2CC(C)OCC2C)c1N. The first kappa shape index (κ1) is 12.9. The molecule has 0 radical (unpaired) electrons. The molecule has 1 aromatic rings. The minimum Gasteiger partial charge on any atom is -0.395 e. The van der Waals surface area contributed by atoms with Crippen LogP contribution in [0.15, 0.2) is 0 Å². The highest BCUT2D eigenvalue weighted by Gasteiger charge is 2.31. The highest BCUT2D eigenvalue weighted by molar-refractivity contribution is 5.98. The second-order valence-corrected chi connectivity index (χ2v) is 4.92. The maximum atomic E-state index is 12.5. The number of amides is 1. The van der Waals surface area contributed by atoms with E-state index in [1.165, 1.54) is 0 Å². The van der Waals surface area contributed by atoms with Crippen LogP contribution in [0.4, 0.5) is 5.69 Å². The van der Waals surface area contributed by atoms with E-state index in [2.05, 4.69) is 5.10 Å². The van der Waals surface area contributed by atoms with Crippen molar-refractivity contribution in [3.63, 3.8) is 0 Å². The van der Waals surface area contributed by atoms with Gasteiger partial charge in [-0.05, 0) is 20.8 Å². The zero-order valence-corrected chi connectivity index (χ0v) is 11.3. The van der Waals surface area contributed by atoms with E-state index in [0.29, 0.717) is 30.2 Å². The molecule has 1 saturated heterocycles. The van der Waals surface area contributed by atoms with E-state index in [1.807, 2.05) is 13.8 Å². The van der Waals surface area contributed by atoms with Crippen molar-refractivity contribution in [3.05, 3.63) is 11.4 Å². The summed E-state index contributed by atoms with van der Waals surface area (Å²) in [6.45, 7) is 6.89. The Morgan fingerprint density at radius 3 is 2.72 bits per heavy atom. The average molecular weight is 252 g/mol. The van der Waals surface area contributed by atoms with Gasteiger partial charge >= 0.3 is 0 Å². The zero-order valence-electron chi connectivity index (χ0n) is 11.3. The zero-order chi connectivity index (χ0) is 13.4. The van der Waals surface area contributed by atoms with Crippen LogP contribution >= 0.6 is 0 Å². The minimum absolute atomic E-state index is 0.0562. The molecule has 0 bridgehead atoms. The number of hydrogen-bond donors (Lipinski definition) is 1. The van der Waals surface area contributed by atoms with E-state index < -0.39 is 0 Å². The maximum Gasteiger partial charge on any atom is 0.274 e. The standard InChI is InChI=1S/C12H20N4O2/c1-7-6-18-8(2)5-16(7)12(17)11-10(13)9(3)14-15(11)4/h7-8H,5-6,13H2,1-4H3. The van der Waals surface area contributed by atoms with E-state index in [4.69, 9.17) is 10.5 Å². The lowest BCUT2D eigenvalue weighted by molar-refractivity contribution is -0.0390. The Hall–Kier alpha value is -1.56.